The predicted molar refractivity (Wildman–Crippen MR) is 100 cm³/mol. The standard InChI is InChI=1S/C18H21NO4S2/c1-3-22-14-18(19(2)16-11-7-8-12-17(16)24-18)23-25(20,21)13-15-9-5-4-6-10-15/h4-12H,3,13-14H2,1-2H3. The maximum absolute atomic E-state index is 12.7. The zero-order valence-electron chi connectivity index (χ0n) is 14.2. The second kappa shape index (κ2) is 7.37. The van der Waals surface area contributed by atoms with Crippen molar-refractivity contribution < 1.29 is 17.3 Å². The minimum Gasteiger partial charge on any atom is -0.376 e. The molecule has 134 valence electrons. The minimum atomic E-state index is -3.80. The Balaban J connectivity index is 1.87. The summed E-state index contributed by atoms with van der Waals surface area (Å²) in [5.74, 6) is -0.174. The Morgan fingerprint density at radius 1 is 1.08 bits per heavy atom. The third kappa shape index (κ3) is 4.00. The Kier molecular flexibility index (Phi) is 5.38. The number of fused-ring (bicyclic) bond motifs is 1. The molecule has 0 saturated carbocycles. The highest BCUT2D eigenvalue weighted by Gasteiger charge is 2.48. The Bertz CT molecular complexity index is 826. The van der Waals surface area contributed by atoms with Gasteiger partial charge in [-0.15, -0.1) is 0 Å². The lowest BCUT2D eigenvalue weighted by Crippen LogP contribution is -2.48. The van der Waals surface area contributed by atoms with Crippen LogP contribution in [-0.2, 0) is 24.8 Å². The number of ether oxygens (including phenoxy) is 1. The molecule has 5 nitrogen and oxygen atoms in total. The predicted octanol–water partition coefficient (Wildman–Crippen LogP) is 3.47. The van der Waals surface area contributed by atoms with Gasteiger partial charge in [0.1, 0.15) is 12.4 Å². The lowest BCUT2D eigenvalue weighted by atomic mass is 10.2. The fraction of sp³-hybridized carbons (Fsp3) is 0.333. The van der Waals surface area contributed by atoms with E-state index in [1.807, 2.05) is 61.3 Å². The van der Waals surface area contributed by atoms with E-state index in [0.29, 0.717) is 12.2 Å². The molecule has 0 radical (unpaired) electrons. The van der Waals surface area contributed by atoms with E-state index in [1.165, 1.54) is 11.8 Å². The van der Waals surface area contributed by atoms with E-state index in [2.05, 4.69) is 0 Å². The van der Waals surface area contributed by atoms with E-state index in [-0.39, 0.29) is 12.4 Å². The third-order valence-electron chi connectivity index (χ3n) is 3.94. The molecule has 3 rings (SSSR count). The van der Waals surface area contributed by atoms with Crippen LogP contribution in [0.1, 0.15) is 12.5 Å². The van der Waals surface area contributed by atoms with Gasteiger partial charge in [0.15, 0.2) is 0 Å². The summed E-state index contributed by atoms with van der Waals surface area (Å²) in [5.41, 5.74) is 1.62. The molecule has 7 heteroatoms. The van der Waals surface area contributed by atoms with E-state index >= 15 is 0 Å². The molecule has 1 heterocycles. The molecule has 0 bridgehead atoms. The number of thioether (sulfide) groups is 1. The summed E-state index contributed by atoms with van der Waals surface area (Å²) in [4.78, 5) is 2.81. The highest BCUT2D eigenvalue weighted by atomic mass is 32.2. The number of benzene rings is 2. The average Bonchev–Trinajstić information content (AvgIpc) is 2.85. The molecule has 1 aliphatic heterocycles. The number of rotatable bonds is 7. The Hall–Kier alpha value is -1.54. The third-order valence-corrected chi connectivity index (χ3v) is 6.62. The molecule has 1 aliphatic rings. The van der Waals surface area contributed by atoms with Gasteiger partial charge in [0.05, 0.1) is 5.69 Å². The molecule has 0 aromatic heterocycles. The van der Waals surface area contributed by atoms with Gasteiger partial charge in [0.2, 0.25) is 5.06 Å². The van der Waals surface area contributed by atoms with Gasteiger partial charge in [-0.05, 0) is 24.6 Å². The fourth-order valence-electron chi connectivity index (χ4n) is 2.70. The van der Waals surface area contributed by atoms with Crippen molar-refractivity contribution >= 4 is 27.6 Å². The van der Waals surface area contributed by atoms with E-state index < -0.39 is 15.2 Å². The van der Waals surface area contributed by atoms with Gasteiger partial charge in [-0.1, -0.05) is 54.2 Å². The molecule has 2 aromatic rings. The maximum Gasteiger partial charge on any atom is 0.274 e. The first-order valence-corrected chi connectivity index (χ1v) is 10.4. The van der Waals surface area contributed by atoms with E-state index in [4.69, 9.17) is 8.92 Å². The average molecular weight is 380 g/mol. The van der Waals surface area contributed by atoms with Crippen molar-refractivity contribution in [3.8, 4) is 0 Å². The lowest BCUT2D eigenvalue weighted by Gasteiger charge is -2.35. The van der Waals surface area contributed by atoms with Crippen LogP contribution in [0, 0.1) is 0 Å². The van der Waals surface area contributed by atoms with Gasteiger partial charge in [-0.25, -0.2) is 4.18 Å². The first-order valence-electron chi connectivity index (χ1n) is 8.03. The van der Waals surface area contributed by atoms with Gasteiger partial charge >= 0.3 is 0 Å². The molecule has 0 amide bonds. The van der Waals surface area contributed by atoms with Crippen molar-refractivity contribution in [2.45, 2.75) is 22.6 Å². The number of hydrogen-bond acceptors (Lipinski definition) is 6. The highest BCUT2D eigenvalue weighted by molar-refractivity contribution is 8.01. The topological polar surface area (TPSA) is 55.8 Å². The molecule has 0 fully saturated rings. The van der Waals surface area contributed by atoms with Crippen molar-refractivity contribution in [1.29, 1.82) is 0 Å². The number of anilines is 1. The van der Waals surface area contributed by atoms with Crippen LogP contribution in [-0.4, -0.2) is 33.7 Å². The normalized spacial score (nSPS) is 19.8. The molecular weight excluding hydrogens is 358 g/mol. The summed E-state index contributed by atoms with van der Waals surface area (Å²) in [6.45, 7) is 2.50. The van der Waals surface area contributed by atoms with Gasteiger partial charge in [-0.3, -0.25) is 0 Å². The second-order valence-electron chi connectivity index (χ2n) is 5.75. The molecule has 0 saturated heterocycles. The molecule has 0 spiro atoms. The molecule has 0 aliphatic carbocycles. The van der Waals surface area contributed by atoms with Crippen LogP contribution in [0.3, 0.4) is 0 Å². The molecule has 25 heavy (non-hydrogen) atoms. The number of nitrogens with zero attached hydrogens (tertiary/aromatic N) is 1. The number of hydrogen-bond donors (Lipinski definition) is 0. The number of likely N-dealkylation sites (N-methyl/N-ethyl adjacent to an activating group) is 1. The van der Waals surface area contributed by atoms with Crippen molar-refractivity contribution in [3.63, 3.8) is 0 Å². The molecule has 1 atom stereocenters. The largest absolute Gasteiger partial charge is 0.376 e. The smallest absolute Gasteiger partial charge is 0.274 e. The van der Waals surface area contributed by atoms with E-state index in [9.17, 15) is 8.42 Å². The van der Waals surface area contributed by atoms with Crippen LogP contribution in [0.25, 0.3) is 0 Å². The summed E-state index contributed by atoms with van der Waals surface area (Å²) in [6.07, 6.45) is 0. The first kappa shape index (κ1) is 18.3. The molecule has 0 N–H and O–H groups in total. The Morgan fingerprint density at radius 3 is 2.44 bits per heavy atom. The fourth-order valence-corrected chi connectivity index (χ4v) is 5.55. The maximum atomic E-state index is 12.7. The molecular formula is C18H21NO4S2. The number of para-hydroxylation sites is 1. The van der Waals surface area contributed by atoms with Crippen LogP contribution in [0.2, 0.25) is 0 Å². The zero-order chi connectivity index (χ0) is 17.9. The van der Waals surface area contributed by atoms with Gasteiger partial charge < -0.3 is 9.64 Å². The van der Waals surface area contributed by atoms with Crippen molar-refractivity contribution in [2.75, 3.05) is 25.2 Å². The van der Waals surface area contributed by atoms with Crippen LogP contribution in [0.15, 0.2) is 59.5 Å². The lowest BCUT2D eigenvalue weighted by molar-refractivity contribution is 0.0418. The van der Waals surface area contributed by atoms with Gasteiger partial charge in [0.25, 0.3) is 10.1 Å². The Morgan fingerprint density at radius 2 is 1.76 bits per heavy atom. The van der Waals surface area contributed by atoms with E-state index in [0.717, 1.165) is 10.6 Å². The summed E-state index contributed by atoms with van der Waals surface area (Å²) < 4.78 is 36.7. The van der Waals surface area contributed by atoms with E-state index in [1.54, 1.807) is 12.1 Å². The van der Waals surface area contributed by atoms with Crippen molar-refractivity contribution in [1.82, 2.24) is 0 Å². The minimum absolute atomic E-state index is 0.146. The van der Waals surface area contributed by atoms with Crippen molar-refractivity contribution in [3.05, 3.63) is 60.2 Å². The highest BCUT2D eigenvalue weighted by Crippen LogP contribution is 2.50. The van der Waals surface area contributed by atoms with Gasteiger partial charge in [0, 0.05) is 18.6 Å². The monoisotopic (exact) mass is 379 g/mol. The van der Waals surface area contributed by atoms with Crippen molar-refractivity contribution in [2.24, 2.45) is 0 Å². The zero-order valence-corrected chi connectivity index (χ0v) is 15.8. The SMILES string of the molecule is CCOCC1(OS(=O)(=O)Cc2ccccc2)Sc2ccccc2N1C. The summed E-state index contributed by atoms with van der Waals surface area (Å²) >= 11 is 1.37. The quantitative estimate of drug-likeness (QED) is 0.687. The van der Waals surface area contributed by atoms with Crippen LogP contribution < -0.4 is 4.90 Å². The van der Waals surface area contributed by atoms with Gasteiger partial charge in [-0.2, -0.15) is 8.42 Å². The summed E-state index contributed by atoms with van der Waals surface area (Å²) in [5, 5.41) is -1.13. The van der Waals surface area contributed by atoms with Crippen LogP contribution in [0.4, 0.5) is 5.69 Å². The Labute approximate surface area is 153 Å². The first-order chi connectivity index (χ1) is 12.0. The van der Waals surface area contributed by atoms with Crippen LogP contribution in [0.5, 0.6) is 0 Å². The van der Waals surface area contributed by atoms with Crippen LogP contribution >= 0.6 is 11.8 Å². The molecule has 2 aromatic carbocycles. The molecule has 1 unspecified atom stereocenters. The summed E-state index contributed by atoms with van der Waals surface area (Å²) in [6, 6.07) is 16.8. The summed E-state index contributed by atoms with van der Waals surface area (Å²) in [7, 11) is -1.97. The second-order valence-corrected chi connectivity index (χ2v) is 8.60.